The second-order valence-corrected chi connectivity index (χ2v) is 4.21. The number of unbranched alkanes of at least 4 members (excludes halogenated alkanes) is 4. The van der Waals surface area contributed by atoms with Crippen LogP contribution in [0.4, 0.5) is 0 Å². The quantitative estimate of drug-likeness (QED) is 0.655. The molecule has 0 saturated heterocycles. The van der Waals surface area contributed by atoms with Crippen molar-refractivity contribution in [3.63, 3.8) is 0 Å². The van der Waals surface area contributed by atoms with Crippen molar-refractivity contribution < 1.29 is 5.11 Å². The van der Waals surface area contributed by atoms with Crippen molar-refractivity contribution in [3.8, 4) is 0 Å². The number of aliphatic hydroxyl groups is 1. The molecule has 0 radical (unpaired) electrons. The van der Waals surface area contributed by atoms with Gasteiger partial charge in [0.25, 0.3) is 0 Å². The van der Waals surface area contributed by atoms with Gasteiger partial charge in [-0.25, -0.2) is 0 Å². The summed E-state index contributed by atoms with van der Waals surface area (Å²) >= 11 is 0. The third-order valence-corrected chi connectivity index (χ3v) is 2.67. The highest BCUT2D eigenvalue weighted by molar-refractivity contribution is 4.91. The van der Waals surface area contributed by atoms with E-state index in [4.69, 9.17) is 5.11 Å². The van der Waals surface area contributed by atoms with Gasteiger partial charge in [0.1, 0.15) is 0 Å². The summed E-state index contributed by atoms with van der Waals surface area (Å²) in [6.45, 7) is 3.42. The van der Waals surface area contributed by atoms with Crippen LogP contribution in [0.5, 0.6) is 0 Å². The molecule has 4 nitrogen and oxygen atoms in total. The molecule has 0 bridgehead atoms. The molecule has 0 saturated carbocycles. The first kappa shape index (κ1) is 13.2. The van der Waals surface area contributed by atoms with Crippen LogP contribution in [0.25, 0.3) is 0 Å². The molecule has 1 aromatic rings. The Morgan fingerprint density at radius 3 is 2.75 bits per heavy atom. The molecule has 1 aromatic heterocycles. The second-order valence-electron chi connectivity index (χ2n) is 4.21. The van der Waals surface area contributed by atoms with Crippen LogP contribution in [0, 0.1) is 0 Å². The predicted molar refractivity (Wildman–Crippen MR) is 64.2 cm³/mol. The second kappa shape index (κ2) is 8.28. The van der Waals surface area contributed by atoms with E-state index in [1.807, 2.05) is 10.9 Å². The normalized spacial score (nSPS) is 10.9. The van der Waals surface area contributed by atoms with Gasteiger partial charge in [-0.1, -0.05) is 37.8 Å². The molecule has 0 atom stereocenters. The number of aliphatic hydroxyl groups excluding tert-OH is 1. The van der Waals surface area contributed by atoms with Crippen LogP contribution in [-0.2, 0) is 13.0 Å². The van der Waals surface area contributed by atoms with Crippen molar-refractivity contribution in [1.82, 2.24) is 15.0 Å². The summed E-state index contributed by atoms with van der Waals surface area (Å²) < 4.78 is 1.92. The Balaban J connectivity index is 2.14. The van der Waals surface area contributed by atoms with Gasteiger partial charge in [-0.15, -0.1) is 5.10 Å². The third kappa shape index (κ3) is 5.26. The van der Waals surface area contributed by atoms with Crippen LogP contribution in [0.3, 0.4) is 0 Å². The summed E-state index contributed by atoms with van der Waals surface area (Å²) in [4.78, 5) is 0. The van der Waals surface area contributed by atoms with Gasteiger partial charge < -0.3 is 5.11 Å². The molecule has 0 fully saturated rings. The summed E-state index contributed by atoms with van der Waals surface area (Å²) in [7, 11) is 0. The molecule has 0 aromatic carbocycles. The molecule has 0 spiro atoms. The van der Waals surface area contributed by atoms with Crippen LogP contribution in [-0.4, -0.2) is 26.7 Å². The van der Waals surface area contributed by atoms with Crippen molar-refractivity contribution in [2.24, 2.45) is 0 Å². The van der Waals surface area contributed by atoms with Crippen LogP contribution in [0.1, 0.15) is 51.1 Å². The van der Waals surface area contributed by atoms with E-state index in [9.17, 15) is 0 Å². The standard InChI is InChI=1S/C12H23N3O/c1-2-3-4-5-6-9-15-11-12(13-14-15)8-7-10-16/h11,16H,2-10H2,1H3. The molecule has 16 heavy (non-hydrogen) atoms. The molecule has 1 rings (SSSR count). The summed E-state index contributed by atoms with van der Waals surface area (Å²) in [6.07, 6.45) is 10.00. The maximum atomic E-state index is 8.70. The minimum atomic E-state index is 0.226. The minimum Gasteiger partial charge on any atom is -0.396 e. The highest BCUT2D eigenvalue weighted by atomic mass is 16.2. The Hall–Kier alpha value is -0.900. The van der Waals surface area contributed by atoms with Crippen LogP contribution in [0.15, 0.2) is 6.20 Å². The number of rotatable bonds is 9. The maximum absolute atomic E-state index is 8.70. The highest BCUT2D eigenvalue weighted by Gasteiger charge is 1.99. The Kier molecular flexibility index (Phi) is 6.81. The van der Waals surface area contributed by atoms with Crippen molar-refractivity contribution >= 4 is 0 Å². The molecule has 0 aliphatic heterocycles. The first-order valence-electron chi connectivity index (χ1n) is 6.36. The molecule has 0 aliphatic carbocycles. The van der Waals surface area contributed by atoms with Crippen molar-refractivity contribution in [2.45, 2.75) is 58.4 Å². The van der Waals surface area contributed by atoms with E-state index in [1.54, 1.807) is 0 Å². The zero-order valence-corrected chi connectivity index (χ0v) is 10.2. The Labute approximate surface area is 97.7 Å². The largest absolute Gasteiger partial charge is 0.396 e. The van der Waals surface area contributed by atoms with Crippen LogP contribution < -0.4 is 0 Å². The predicted octanol–water partition coefficient (Wildman–Crippen LogP) is 2.17. The van der Waals surface area contributed by atoms with Gasteiger partial charge in [0.15, 0.2) is 0 Å². The Morgan fingerprint density at radius 2 is 2.00 bits per heavy atom. The molecule has 1 N–H and O–H groups in total. The number of aryl methyl sites for hydroxylation is 2. The zero-order valence-electron chi connectivity index (χ0n) is 10.2. The Bertz CT molecular complexity index is 273. The van der Waals surface area contributed by atoms with E-state index in [0.717, 1.165) is 25.1 Å². The number of nitrogens with zero attached hydrogens (tertiary/aromatic N) is 3. The molecule has 0 aliphatic rings. The van der Waals surface area contributed by atoms with Gasteiger partial charge in [0.05, 0.1) is 5.69 Å². The topological polar surface area (TPSA) is 50.9 Å². The summed E-state index contributed by atoms with van der Waals surface area (Å²) in [5.74, 6) is 0. The van der Waals surface area contributed by atoms with Gasteiger partial charge in [-0.05, 0) is 19.3 Å². The van der Waals surface area contributed by atoms with Gasteiger partial charge in [0.2, 0.25) is 0 Å². The van der Waals surface area contributed by atoms with Gasteiger partial charge in [-0.2, -0.15) is 0 Å². The third-order valence-electron chi connectivity index (χ3n) is 2.67. The highest BCUT2D eigenvalue weighted by Crippen LogP contribution is 2.04. The molecule has 1 heterocycles. The van der Waals surface area contributed by atoms with Crippen molar-refractivity contribution in [3.05, 3.63) is 11.9 Å². The van der Waals surface area contributed by atoms with E-state index in [0.29, 0.717) is 0 Å². The number of hydrogen-bond acceptors (Lipinski definition) is 3. The van der Waals surface area contributed by atoms with Gasteiger partial charge >= 0.3 is 0 Å². The van der Waals surface area contributed by atoms with Crippen LogP contribution in [0.2, 0.25) is 0 Å². The van der Waals surface area contributed by atoms with E-state index in [1.165, 1.54) is 32.1 Å². The zero-order chi connectivity index (χ0) is 11.6. The van der Waals surface area contributed by atoms with E-state index in [-0.39, 0.29) is 6.61 Å². The smallest absolute Gasteiger partial charge is 0.0828 e. The van der Waals surface area contributed by atoms with E-state index >= 15 is 0 Å². The number of hydrogen-bond donors (Lipinski definition) is 1. The average molecular weight is 225 g/mol. The summed E-state index contributed by atoms with van der Waals surface area (Å²) in [5, 5.41) is 16.8. The lowest BCUT2D eigenvalue weighted by molar-refractivity contribution is 0.288. The van der Waals surface area contributed by atoms with Crippen LogP contribution >= 0.6 is 0 Å². The molecular formula is C12H23N3O. The fraction of sp³-hybridized carbons (Fsp3) is 0.833. The number of aromatic nitrogens is 3. The van der Waals surface area contributed by atoms with Gasteiger partial charge in [-0.3, -0.25) is 4.68 Å². The average Bonchev–Trinajstić information content (AvgIpc) is 2.74. The Morgan fingerprint density at radius 1 is 1.19 bits per heavy atom. The minimum absolute atomic E-state index is 0.226. The van der Waals surface area contributed by atoms with E-state index < -0.39 is 0 Å². The SMILES string of the molecule is CCCCCCCn1cc(CCCO)nn1. The molecular weight excluding hydrogens is 202 g/mol. The van der Waals surface area contributed by atoms with Crippen molar-refractivity contribution in [1.29, 1.82) is 0 Å². The van der Waals surface area contributed by atoms with Gasteiger partial charge in [0, 0.05) is 19.3 Å². The first-order chi connectivity index (χ1) is 7.86. The lowest BCUT2D eigenvalue weighted by Gasteiger charge is -1.99. The molecule has 92 valence electrons. The fourth-order valence-corrected chi connectivity index (χ4v) is 1.70. The van der Waals surface area contributed by atoms with E-state index in [2.05, 4.69) is 17.2 Å². The molecule has 0 unspecified atom stereocenters. The lowest BCUT2D eigenvalue weighted by atomic mass is 10.1. The van der Waals surface area contributed by atoms with Crippen molar-refractivity contribution in [2.75, 3.05) is 6.61 Å². The monoisotopic (exact) mass is 225 g/mol. The summed E-state index contributed by atoms with van der Waals surface area (Å²) in [5.41, 5.74) is 0.989. The molecule has 0 amide bonds. The molecule has 4 heteroatoms. The fourth-order valence-electron chi connectivity index (χ4n) is 1.70. The lowest BCUT2D eigenvalue weighted by Crippen LogP contribution is -1.98. The maximum Gasteiger partial charge on any atom is 0.0828 e. The summed E-state index contributed by atoms with van der Waals surface area (Å²) in [6, 6.07) is 0. The first-order valence-corrected chi connectivity index (χ1v) is 6.36.